The largest absolute Gasteiger partial charge is 0.480 e. The average Bonchev–Trinajstić information content (AvgIpc) is 2.80. The number of aliphatic carboxylic acids is 1. The van der Waals surface area contributed by atoms with E-state index in [9.17, 15) is 14.7 Å². The first kappa shape index (κ1) is 14.7. The topological polar surface area (TPSA) is 95.1 Å². The van der Waals surface area contributed by atoms with Gasteiger partial charge in [-0.1, -0.05) is 11.6 Å². The molecule has 2 heterocycles. The average molecular weight is 314 g/mol. The monoisotopic (exact) mass is 313 g/mol. The molecule has 2 aromatic rings. The summed E-state index contributed by atoms with van der Waals surface area (Å²) in [6, 6.07) is 4.04. The summed E-state index contributed by atoms with van der Waals surface area (Å²) in [5.41, 5.74) is -0.302. The first-order valence-corrected chi connectivity index (χ1v) is 6.98. The van der Waals surface area contributed by atoms with Crippen LogP contribution in [0, 0.1) is 0 Å². The number of hydrogen-bond acceptors (Lipinski definition) is 5. The Balaban J connectivity index is 2.00. The second kappa shape index (κ2) is 6.65. The van der Waals surface area contributed by atoms with E-state index < -0.39 is 12.0 Å². The number of nitrogens with zero attached hydrogens (tertiary/aromatic N) is 1. The minimum atomic E-state index is -1.00. The van der Waals surface area contributed by atoms with Gasteiger partial charge in [0.05, 0.1) is 4.34 Å². The van der Waals surface area contributed by atoms with Crippen molar-refractivity contribution < 1.29 is 9.90 Å². The maximum Gasteiger partial charge on any atom is 0.321 e. The summed E-state index contributed by atoms with van der Waals surface area (Å²) in [6.07, 6.45) is 1.46. The lowest BCUT2D eigenvalue weighted by Crippen LogP contribution is -2.38. The maximum atomic E-state index is 11.2. The first-order chi connectivity index (χ1) is 9.54. The van der Waals surface area contributed by atoms with Gasteiger partial charge in [-0.3, -0.25) is 14.9 Å². The van der Waals surface area contributed by atoms with Gasteiger partial charge in [-0.2, -0.15) is 0 Å². The number of H-pyrrole nitrogens is 1. The van der Waals surface area contributed by atoms with Crippen LogP contribution in [0.1, 0.15) is 10.7 Å². The van der Waals surface area contributed by atoms with Crippen molar-refractivity contribution in [2.24, 2.45) is 0 Å². The van der Waals surface area contributed by atoms with Crippen molar-refractivity contribution in [1.82, 2.24) is 15.3 Å². The summed E-state index contributed by atoms with van der Waals surface area (Å²) in [7, 11) is 0. The Morgan fingerprint density at radius 3 is 2.90 bits per heavy atom. The predicted molar refractivity (Wildman–Crippen MR) is 76.2 cm³/mol. The fourth-order valence-electron chi connectivity index (χ4n) is 1.63. The molecule has 0 saturated heterocycles. The van der Waals surface area contributed by atoms with E-state index in [4.69, 9.17) is 11.6 Å². The molecule has 0 spiro atoms. The third kappa shape index (κ3) is 4.16. The first-order valence-electron chi connectivity index (χ1n) is 5.79. The third-order valence-electron chi connectivity index (χ3n) is 2.57. The molecule has 2 aromatic heterocycles. The minimum absolute atomic E-state index is 0.102. The van der Waals surface area contributed by atoms with Crippen LogP contribution >= 0.6 is 22.9 Å². The highest BCUT2D eigenvalue weighted by Crippen LogP contribution is 2.21. The molecule has 0 aliphatic heterocycles. The number of nitrogens with one attached hydrogen (secondary N) is 2. The summed E-state index contributed by atoms with van der Waals surface area (Å²) in [5.74, 6) is -0.666. The Hall–Kier alpha value is -1.70. The maximum absolute atomic E-state index is 11.2. The van der Waals surface area contributed by atoms with Gasteiger partial charge in [-0.15, -0.1) is 11.3 Å². The van der Waals surface area contributed by atoms with E-state index in [0.29, 0.717) is 16.7 Å². The number of carbonyl (C=O) groups is 1. The number of rotatable bonds is 6. The highest BCUT2D eigenvalue weighted by Gasteiger charge is 2.18. The van der Waals surface area contributed by atoms with E-state index in [0.717, 1.165) is 4.88 Å². The van der Waals surface area contributed by atoms with Gasteiger partial charge >= 0.3 is 5.97 Å². The van der Waals surface area contributed by atoms with E-state index in [-0.39, 0.29) is 12.0 Å². The molecule has 0 saturated carbocycles. The van der Waals surface area contributed by atoms with Gasteiger partial charge in [0.1, 0.15) is 11.9 Å². The number of aromatic nitrogens is 2. The molecule has 0 aromatic carbocycles. The van der Waals surface area contributed by atoms with Crippen molar-refractivity contribution in [2.75, 3.05) is 0 Å². The summed E-state index contributed by atoms with van der Waals surface area (Å²) in [6.45, 7) is 0.394. The van der Waals surface area contributed by atoms with E-state index in [1.807, 2.05) is 6.07 Å². The summed E-state index contributed by atoms with van der Waals surface area (Å²) >= 11 is 7.20. The fraction of sp³-hybridized carbons (Fsp3) is 0.250. The molecule has 3 N–H and O–H groups in total. The van der Waals surface area contributed by atoms with Gasteiger partial charge in [0.25, 0.3) is 5.56 Å². The van der Waals surface area contributed by atoms with Crippen molar-refractivity contribution in [2.45, 2.75) is 19.0 Å². The van der Waals surface area contributed by atoms with Crippen LogP contribution in [0.25, 0.3) is 0 Å². The number of aromatic amines is 1. The van der Waals surface area contributed by atoms with Gasteiger partial charge in [0, 0.05) is 30.1 Å². The zero-order valence-electron chi connectivity index (χ0n) is 10.3. The van der Waals surface area contributed by atoms with Crippen LogP contribution in [0.4, 0.5) is 0 Å². The van der Waals surface area contributed by atoms with Crippen LogP contribution in [0.3, 0.4) is 0 Å². The number of halogens is 1. The zero-order chi connectivity index (χ0) is 14.5. The summed E-state index contributed by atoms with van der Waals surface area (Å²) in [5, 5.41) is 12.1. The number of thiophene rings is 1. The number of carboxylic acid groups (broad SMARTS) is 1. The van der Waals surface area contributed by atoms with Crippen LogP contribution < -0.4 is 10.9 Å². The molecule has 0 fully saturated rings. The highest BCUT2D eigenvalue weighted by molar-refractivity contribution is 7.16. The predicted octanol–water partition coefficient (Wildman–Crippen LogP) is 1.27. The highest BCUT2D eigenvalue weighted by atomic mass is 35.5. The molecular weight excluding hydrogens is 302 g/mol. The Labute approximate surface area is 123 Å². The Bertz CT molecular complexity index is 655. The van der Waals surface area contributed by atoms with Gasteiger partial charge < -0.3 is 10.1 Å². The quantitative estimate of drug-likeness (QED) is 0.746. The van der Waals surface area contributed by atoms with Crippen molar-refractivity contribution in [3.8, 4) is 0 Å². The van der Waals surface area contributed by atoms with Gasteiger partial charge in [0.2, 0.25) is 0 Å². The lowest BCUT2D eigenvalue weighted by atomic mass is 10.2. The molecule has 2 rings (SSSR count). The SMILES string of the molecule is O=C(O)[C@@H](Cc1nccc(=O)[nH]1)NCc1ccc(Cl)s1. The normalized spacial score (nSPS) is 12.2. The summed E-state index contributed by atoms with van der Waals surface area (Å²) < 4.78 is 0.655. The van der Waals surface area contributed by atoms with Crippen molar-refractivity contribution in [3.63, 3.8) is 0 Å². The molecule has 6 nitrogen and oxygen atoms in total. The molecular formula is C12H12ClN3O3S. The molecule has 1 atom stereocenters. The Kier molecular flexibility index (Phi) is 4.89. The second-order valence-corrected chi connectivity index (χ2v) is 5.86. The molecule has 0 aliphatic rings. The number of carboxylic acids is 1. The van der Waals surface area contributed by atoms with E-state index in [1.165, 1.54) is 23.6 Å². The second-order valence-electron chi connectivity index (χ2n) is 4.06. The van der Waals surface area contributed by atoms with Crippen molar-refractivity contribution in [1.29, 1.82) is 0 Å². The Morgan fingerprint density at radius 2 is 2.30 bits per heavy atom. The molecule has 0 bridgehead atoms. The Morgan fingerprint density at radius 1 is 1.50 bits per heavy atom. The van der Waals surface area contributed by atoms with Crippen LogP contribution in [0.15, 0.2) is 29.2 Å². The lowest BCUT2D eigenvalue weighted by molar-refractivity contribution is -0.139. The standard InChI is InChI=1S/C12H12ClN3O3S/c13-9-2-1-7(20-9)6-15-8(12(18)19)5-10-14-4-3-11(17)16-10/h1-4,8,15H,5-6H2,(H,18,19)(H,14,16,17)/t8-/m1/s1. The van der Waals surface area contributed by atoms with Crippen molar-refractivity contribution in [3.05, 3.63) is 49.8 Å². The zero-order valence-corrected chi connectivity index (χ0v) is 11.9. The molecule has 0 unspecified atom stereocenters. The van der Waals surface area contributed by atoms with Gasteiger partial charge in [-0.25, -0.2) is 4.98 Å². The van der Waals surface area contributed by atoms with Crippen LogP contribution in [-0.4, -0.2) is 27.1 Å². The lowest BCUT2D eigenvalue weighted by Gasteiger charge is -2.13. The molecule has 8 heteroatoms. The molecule has 0 aliphatic carbocycles. The molecule has 20 heavy (non-hydrogen) atoms. The third-order valence-corrected chi connectivity index (χ3v) is 3.80. The summed E-state index contributed by atoms with van der Waals surface area (Å²) in [4.78, 5) is 29.7. The van der Waals surface area contributed by atoms with Crippen LogP contribution in [0.2, 0.25) is 4.34 Å². The van der Waals surface area contributed by atoms with Crippen LogP contribution in [-0.2, 0) is 17.8 Å². The molecule has 106 valence electrons. The number of hydrogen-bond donors (Lipinski definition) is 3. The van der Waals surface area contributed by atoms with Gasteiger partial charge in [0.15, 0.2) is 0 Å². The van der Waals surface area contributed by atoms with E-state index in [2.05, 4.69) is 15.3 Å². The smallest absolute Gasteiger partial charge is 0.321 e. The molecule has 0 radical (unpaired) electrons. The minimum Gasteiger partial charge on any atom is -0.480 e. The van der Waals surface area contributed by atoms with Gasteiger partial charge in [-0.05, 0) is 12.1 Å². The van der Waals surface area contributed by atoms with E-state index >= 15 is 0 Å². The van der Waals surface area contributed by atoms with Crippen molar-refractivity contribution >= 4 is 28.9 Å². The van der Waals surface area contributed by atoms with Crippen LogP contribution in [0.5, 0.6) is 0 Å². The fourth-order valence-corrected chi connectivity index (χ4v) is 2.66. The van der Waals surface area contributed by atoms with E-state index in [1.54, 1.807) is 6.07 Å². The molecule has 0 amide bonds.